The summed E-state index contributed by atoms with van der Waals surface area (Å²) in [6.45, 7) is 3.90. The molecule has 0 saturated carbocycles. The highest BCUT2D eigenvalue weighted by atomic mass is 79.9. The first-order chi connectivity index (χ1) is 15.7. The first-order valence-corrected chi connectivity index (χ1v) is 12.2. The highest BCUT2D eigenvalue weighted by Gasteiger charge is 2.18. The van der Waals surface area contributed by atoms with E-state index >= 15 is 0 Å². The van der Waals surface area contributed by atoms with Crippen molar-refractivity contribution in [3.8, 4) is 11.6 Å². The maximum Gasteiger partial charge on any atom is 0.263 e. The van der Waals surface area contributed by atoms with E-state index in [1.807, 2.05) is 32.0 Å². The number of amides is 1. The van der Waals surface area contributed by atoms with E-state index in [-0.39, 0.29) is 35.0 Å². The minimum atomic E-state index is -3.93. The number of carbonyl (C=O) groups excluding carboxylic acids is 1. The Morgan fingerprint density at radius 1 is 1.09 bits per heavy atom. The smallest absolute Gasteiger partial charge is 0.263 e. The molecule has 33 heavy (non-hydrogen) atoms. The van der Waals surface area contributed by atoms with Crippen LogP contribution in [0, 0.1) is 0 Å². The summed E-state index contributed by atoms with van der Waals surface area (Å²) in [5.74, 6) is 0.519. The van der Waals surface area contributed by atoms with Gasteiger partial charge in [-0.25, -0.2) is 18.4 Å². The van der Waals surface area contributed by atoms with Gasteiger partial charge in [-0.3, -0.25) is 9.52 Å². The maximum atomic E-state index is 12.6. The van der Waals surface area contributed by atoms with Crippen molar-refractivity contribution in [3.05, 3.63) is 64.9 Å². The zero-order valence-corrected chi connectivity index (χ0v) is 20.6. The van der Waals surface area contributed by atoms with Crippen LogP contribution in [0.5, 0.6) is 11.6 Å². The summed E-state index contributed by atoms with van der Waals surface area (Å²) >= 11 is 3.44. The van der Waals surface area contributed by atoms with Crippen molar-refractivity contribution in [1.82, 2.24) is 9.97 Å². The number of hydrogen-bond acceptors (Lipinski definition) is 7. The molecule has 1 aromatic heterocycles. The summed E-state index contributed by atoms with van der Waals surface area (Å²) in [7, 11) is -2.56. The van der Waals surface area contributed by atoms with Crippen LogP contribution in [-0.4, -0.2) is 38.0 Å². The van der Waals surface area contributed by atoms with Gasteiger partial charge in [0.1, 0.15) is 5.75 Å². The Kier molecular flexibility index (Phi) is 7.88. The SMILES string of the molecule is COc1nccnc1NS(=O)(=O)c1ccc(NC(=O)COc2ccc(Br)cc2C(C)C)cc1. The number of nitrogens with zero attached hydrogens (tertiary/aromatic N) is 2. The molecule has 0 fully saturated rings. The van der Waals surface area contributed by atoms with Crippen molar-refractivity contribution < 1.29 is 22.7 Å². The van der Waals surface area contributed by atoms with Crippen LogP contribution in [0.4, 0.5) is 11.5 Å². The second-order valence-corrected chi connectivity index (χ2v) is 9.82. The average molecular weight is 535 g/mol. The van der Waals surface area contributed by atoms with Crippen LogP contribution in [0.15, 0.2) is 64.2 Å². The Bertz CT molecular complexity index is 1230. The number of carbonyl (C=O) groups is 1. The Morgan fingerprint density at radius 2 is 1.79 bits per heavy atom. The number of benzene rings is 2. The Labute approximate surface area is 200 Å². The van der Waals surface area contributed by atoms with Crippen LogP contribution in [0.25, 0.3) is 0 Å². The molecule has 3 rings (SSSR count). The molecule has 2 N–H and O–H groups in total. The molecule has 0 atom stereocenters. The number of nitrogens with one attached hydrogen (secondary N) is 2. The van der Waals surface area contributed by atoms with E-state index in [2.05, 4.69) is 35.9 Å². The summed E-state index contributed by atoms with van der Waals surface area (Å²) < 4.78 is 39.2. The third kappa shape index (κ3) is 6.42. The number of hydrogen-bond donors (Lipinski definition) is 2. The van der Waals surface area contributed by atoms with Crippen LogP contribution < -0.4 is 19.5 Å². The number of sulfonamides is 1. The quantitative estimate of drug-likeness (QED) is 0.422. The van der Waals surface area contributed by atoms with Gasteiger partial charge in [-0.2, -0.15) is 0 Å². The van der Waals surface area contributed by atoms with Crippen molar-refractivity contribution in [2.45, 2.75) is 24.7 Å². The molecule has 0 bridgehead atoms. The molecule has 9 nitrogen and oxygen atoms in total. The molecular formula is C22H23BrN4O5S. The van der Waals surface area contributed by atoms with Gasteiger partial charge in [0, 0.05) is 22.6 Å². The second-order valence-electron chi connectivity index (χ2n) is 7.22. The molecular weight excluding hydrogens is 512 g/mol. The van der Waals surface area contributed by atoms with Crippen LogP contribution in [0.2, 0.25) is 0 Å². The van der Waals surface area contributed by atoms with Gasteiger partial charge in [0.05, 0.1) is 12.0 Å². The fourth-order valence-electron chi connectivity index (χ4n) is 2.89. The molecule has 2 aromatic carbocycles. The van der Waals surface area contributed by atoms with E-state index in [4.69, 9.17) is 9.47 Å². The van der Waals surface area contributed by atoms with Crippen molar-refractivity contribution in [1.29, 1.82) is 0 Å². The van der Waals surface area contributed by atoms with Gasteiger partial charge >= 0.3 is 0 Å². The molecule has 0 saturated heterocycles. The molecule has 0 unspecified atom stereocenters. The molecule has 1 amide bonds. The number of methoxy groups -OCH3 is 1. The van der Waals surface area contributed by atoms with Crippen LogP contribution >= 0.6 is 15.9 Å². The van der Waals surface area contributed by atoms with Crippen molar-refractivity contribution >= 4 is 43.4 Å². The monoisotopic (exact) mass is 534 g/mol. The zero-order chi connectivity index (χ0) is 24.0. The lowest BCUT2D eigenvalue weighted by Crippen LogP contribution is -2.20. The molecule has 0 spiro atoms. The van der Waals surface area contributed by atoms with Gasteiger partial charge < -0.3 is 14.8 Å². The molecule has 0 aliphatic heterocycles. The third-order valence-corrected chi connectivity index (χ3v) is 6.34. The van der Waals surface area contributed by atoms with Gasteiger partial charge in [-0.1, -0.05) is 29.8 Å². The van der Waals surface area contributed by atoms with E-state index in [9.17, 15) is 13.2 Å². The first-order valence-electron chi connectivity index (χ1n) is 9.89. The average Bonchev–Trinajstić information content (AvgIpc) is 2.78. The summed E-state index contributed by atoms with van der Waals surface area (Å²) in [4.78, 5) is 20.1. The molecule has 0 radical (unpaired) electrons. The number of aromatic nitrogens is 2. The standard InChI is InChI=1S/C22H23BrN4O5S/c1-14(2)18-12-15(23)4-9-19(18)32-13-20(28)26-16-5-7-17(8-6-16)33(29,30)27-21-22(31-3)25-11-10-24-21/h4-12,14H,13H2,1-3H3,(H,24,27)(H,26,28). The maximum absolute atomic E-state index is 12.6. The lowest BCUT2D eigenvalue weighted by molar-refractivity contribution is -0.118. The van der Waals surface area contributed by atoms with Crippen LogP contribution in [0.1, 0.15) is 25.3 Å². The van der Waals surface area contributed by atoms with E-state index in [0.29, 0.717) is 11.4 Å². The van der Waals surface area contributed by atoms with E-state index in [1.165, 1.54) is 43.8 Å². The minimum absolute atomic E-state index is 0.0131. The van der Waals surface area contributed by atoms with E-state index in [0.717, 1.165) is 10.0 Å². The predicted octanol–water partition coefficient (Wildman–Crippen LogP) is 4.19. The molecule has 11 heteroatoms. The molecule has 0 aliphatic rings. The van der Waals surface area contributed by atoms with E-state index in [1.54, 1.807) is 0 Å². The summed E-state index contributed by atoms with van der Waals surface area (Å²) in [5.41, 5.74) is 1.42. The number of rotatable bonds is 9. The zero-order valence-electron chi connectivity index (χ0n) is 18.2. The summed E-state index contributed by atoms with van der Waals surface area (Å²) in [5, 5.41) is 2.69. The summed E-state index contributed by atoms with van der Waals surface area (Å²) in [6.07, 6.45) is 2.73. The number of anilines is 2. The second kappa shape index (κ2) is 10.6. The fourth-order valence-corrected chi connectivity index (χ4v) is 4.28. The molecule has 3 aromatic rings. The fraction of sp³-hybridized carbons (Fsp3) is 0.227. The van der Waals surface area contributed by atoms with E-state index < -0.39 is 10.0 Å². The van der Waals surface area contributed by atoms with Gasteiger partial charge in [-0.15, -0.1) is 0 Å². The summed E-state index contributed by atoms with van der Waals surface area (Å²) in [6, 6.07) is 11.3. The number of ether oxygens (including phenoxy) is 2. The Balaban J connectivity index is 1.63. The third-order valence-electron chi connectivity index (χ3n) is 4.49. The highest BCUT2D eigenvalue weighted by Crippen LogP contribution is 2.29. The highest BCUT2D eigenvalue weighted by molar-refractivity contribution is 9.10. The normalized spacial score (nSPS) is 11.2. The van der Waals surface area contributed by atoms with Gasteiger partial charge in [-0.05, 0) is 53.9 Å². The molecule has 174 valence electrons. The largest absolute Gasteiger partial charge is 0.483 e. The van der Waals surface area contributed by atoms with Crippen molar-refractivity contribution in [2.24, 2.45) is 0 Å². The first kappa shape index (κ1) is 24.5. The minimum Gasteiger partial charge on any atom is -0.483 e. The van der Waals surface area contributed by atoms with Crippen LogP contribution in [-0.2, 0) is 14.8 Å². The Morgan fingerprint density at radius 3 is 2.45 bits per heavy atom. The lowest BCUT2D eigenvalue weighted by atomic mass is 10.0. The van der Waals surface area contributed by atoms with Crippen molar-refractivity contribution in [3.63, 3.8) is 0 Å². The predicted molar refractivity (Wildman–Crippen MR) is 128 cm³/mol. The molecule has 0 aliphatic carbocycles. The number of halogens is 1. The van der Waals surface area contributed by atoms with Gasteiger partial charge in [0.2, 0.25) is 5.82 Å². The van der Waals surface area contributed by atoms with Crippen LogP contribution in [0.3, 0.4) is 0 Å². The molecule has 1 heterocycles. The topological polar surface area (TPSA) is 120 Å². The van der Waals surface area contributed by atoms with Crippen molar-refractivity contribution in [2.75, 3.05) is 23.8 Å². The Hall–Kier alpha value is -3.18. The lowest BCUT2D eigenvalue weighted by Gasteiger charge is -2.14. The van der Waals surface area contributed by atoms with Gasteiger partial charge in [0.15, 0.2) is 6.61 Å². The van der Waals surface area contributed by atoms with Gasteiger partial charge in [0.25, 0.3) is 21.8 Å².